The molecule has 0 bridgehead atoms. The second-order valence-corrected chi connectivity index (χ2v) is 9.71. The molecule has 1 unspecified atom stereocenters. The van der Waals surface area contributed by atoms with Crippen LogP contribution in [0.25, 0.3) is 20.8 Å². The first kappa shape index (κ1) is 21.1. The minimum atomic E-state index is -0.0692. The largest absolute Gasteiger partial charge is 0.383 e. The highest BCUT2D eigenvalue weighted by atomic mass is 32.1. The second kappa shape index (κ2) is 8.91. The van der Waals surface area contributed by atoms with Gasteiger partial charge >= 0.3 is 0 Å². The molecule has 0 radical (unpaired) electrons. The molecular formula is C22H31N5O2S. The number of nitrogens with zero attached hydrogens (tertiary/aromatic N) is 3. The van der Waals surface area contributed by atoms with E-state index in [0.29, 0.717) is 6.61 Å². The molecule has 1 fully saturated rings. The van der Waals surface area contributed by atoms with Crippen LogP contribution < -0.4 is 10.6 Å². The Bertz CT molecular complexity index is 985. The van der Waals surface area contributed by atoms with Gasteiger partial charge in [0.1, 0.15) is 5.82 Å². The van der Waals surface area contributed by atoms with Crippen LogP contribution in [-0.4, -0.2) is 47.2 Å². The van der Waals surface area contributed by atoms with E-state index in [0.717, 1.165) is 58.3 Å². The molecule has 8 heteroatoms. The maximum Gasteiger partial charge on any atom is 0.150 e. The van der Waals surface area contributed by atoms with Crippen molar-refractivity contribution >= 4 is 33.1 Å². The van der Waals surface area contributed by atoms with Crippen LogP contribution in [0.3, 0.4) is 0 Å². The smallest absolute Gasteiger partial charge is 0.150 e. The zero-order chi connectivity index (χ0) is 21.1. The van der Waals surface area contributed by atoms with E-state index in [1.54, 1.807) is 18.4 Å². The summed E-state index contributed by atoms with van der Waals surface area (Å²) in [6, 6.07) is 6.31. The quantitative estimate of drug-likeness (QED) is 0.508. The first-order valence-corrected chi connectivity index (χ1v) is 11.4. The van der Waals surface area contributed by atoms with Crippen molar-refractivity contribution in [2.24, 2.45) is 0 Å². The van der Waals surface area contributed by atoms with Crippen molar-refractivity contribution in [3.05, 3.63) is 24.4 Å². The number of nitrogens with one attached hydrogen (secondary N) is 2. The number of methoxy groups -OCH3 is 1. The summed E-state index contributed by atoms with van der Waals surface area (Å²) >= 11 is 1.73. The number of ether oxygens (including phenoxy) is 2. The van der Waals surface area contributed by atoms with E-state index in [9.17, 15) is 0 Å². The summed E-state index contributed by atoms with van der Waals surface area (Å²) in [5.74, 6) is 0.864. The van der Waals surface area contributed by atoms with Crippen LogP contribution in [0.5, 0.6) is 0 Å². The number of rotatable bonds is 7. The van der Waals surface area contributed by atoms with Crippen molar-refractivity contribution in [1.82, 2.24) is 14.8 Å². The summed E-state index contributed by atoms with van der Waals surface area (Å²) in [6.45, 7) is 8.60. The lowest BCUT2D eigenvalue weighted by molar-refractivity contribution is -0.0383. The summed E-state index contributed by atoms with van der Waals surface area (Å²) in [5.41, 5.74) is 3.06. The maximum atomic E-state index is 5.97. The fourth-order valence-corrected chi connectivity index (χ4v) is 4.78. The zero-order valence-corrected chi connectivity index (χ0v) is 19.0. The van der Waals surface area contributed by atoms with Crippen LogP contribution in [0.1, 0.15) is 46.3 Å². The Hall–Kier alpha value is -2.16. The van der Waals surface area contributed by atoms with Gasteiger partial charge in [0.2, 0.25) is 0 Å². The van der Waals surface area contributed by atoms with Crippen molar-refractivity contribution in [1.29, 1.82) is 0 Å². The lowest BCUT2D eigenvalue weighted by atomic mass is 10.1. The number of aromatic nitrogens is 3. The number of pyridine rings is 1. The number of thiophene rings is 1. The van der Waals surface area contributed by atoms with Gasteiger partial charge in [-0.05, 0) is 52.2 Å². The average molecular weight is 430 g/mol. The highest BCUT2D eigenvalue weighted by Crippen LogP contribution is 2.39. The zero-order valence-electron chi connectivity index (χ0n) is 18.2. The van der Waals surface area contributed by atoms with Crippen molar-refractivity contribution in [3.8, 4) is 10.6 Å². The van der Waals surface area contributed by atoms with Gasteiger partial charge in [-0.2, -0.15) is 5.10 Å². The Labute approximate surface area is 181 Å². The average Bonchev–Trinajstić information content (AvgIpc) is 3.34. The molecule has 0 spiro atoms. The van der Waals surface area contributed by atoms with Gasteiger partial charge in [-0.15, -0.1) is 11.3 Å². The van der Waals surface area contributed by atoms with Gasteiger partial charge in [-0.25, -0.2) is 9.67 Å². The SMILES string of the molecule is COCCNc1cc(NC(C)(C)C)nc2cc(-c3ccnn3C3CCCCO3)sc12. The summed E-state index contributed by atoms with van der Waals surface area (Å²) in [5, 5.41) is 11.6. The molecule has 3 aromatic rings. The minimum Gasteiger partial charge on any atom is -0.383 e. The monoisotopic (exact) mass is 429 g/mol. The normalized spacial score (nSPS) is 17.4. The lowest BCUT2D eigenvalue weighted by Crippen LogP contribution is -2.26. The third-order valence-electron chi connectivity index (χ3n) is 4.95. The number of anilines is 2. The van der Waals surface area contributed by atoms with E-state index in [4.69, 9.17) is 14.5 Å². The second-order valence-electron chi connectivity index (χ2n) is 8.66. The van der Waals surface area contributed by atoms with Crippen molar-refractivity contribution < 1.29 is 9.47 Å². The Kier molecular flexibility index (Phi) is 6.26. The van der Waals surface area contributed by atoms with Gasteiger partial charge in [-0.3, -0.25) is 0 Å². The topological polar surface area (TPSA) is 73.2 Å². The van der Waals surface area contributed by atoms with Gasteiger partial charge in [0.25, 0.3) is 0 Å². The molecule has 0 aromatic carbocycles. The molecule has 1 saturated heterocycles. The van der Waals surface area contributed by atoms with Crippen LogP contribution in [0, 0.1) is 0 Å². The van der Waals surface area contributed by atoms with Crippen LogP contribution in [0.2, 0.25) is 0 Å². The fraction of sp³-hybridized carbons (Fsp3) is 0.545. The van der Waals surface area contributed by atoms with E-state index in [2.05, 4.69) is 54.7 Å². The van der Waals surface area contributed by atoms with Gasteiger partial charge in [0.05, 0.1) is 33.1 Å². The molecule has 2 N–H and O–H groups in total. The molecule has 162 valence electrons. The van der Waals surface area contributed by atoms with Crippen LogP contribution in [0.4, 0.5) is 11.5 Å². The molecule has 7 nitrogen and oxygen atoms in total. The van der Waals surface area contributed by atoms with E-state index in [1.165, 1.54) is 6.42 Å². The first-order valence-electron chi connectivity index (χ1n) is 10.6. The summed E-state index contributed by atoms with van der Waals surface area (Å²) in [4.78, 5) is 6.03. The molecule has 4 heterocycles. The molecule has 0 amide bonds. The summed E-state index contributed by atoms with van der Waals surface area (Å²) in [6.07, 6.45) is 5.17. The maximum absolute atomic E-state index is 5.97. The van der Waals surface area contributed by atoms with E-state index in [-0.39, 0.29) is 11.8 Å². The molecule has 1 aliphatic rings. The fourth-order valence-electron chi connectivity index (χ4n) is 3.67. The first-order chi connectivity index (χ1) is 14.4. The summed E-state index contributed by atoms with van der Waals surface area (Å²) < 4.78 is 14.4. The van der Waals surface area contributed by atoms with Gasteiger partial charge < -0.3 is 20.1 Å². The lowest BCUT2D eigenvalue weighted by Gasteiger charge is -2.24. The van der Waals surface area contributed by atoms with E-state index in [1.807, 2.05) is 10.9 Å². The Morgan fingerprint density at radius 3 is 2.90 bits per heavy atom. The standard InChI is InChI=1S/C22H31N5O2S/c1-22(2,3)26-19-14-15(23-10-12-28-4)21-16(25-19)13-18(30-21)17-8-9-24-27(17)20-7-5-6-11-29-20/h8-9,13-14,20H,5-7,10-12H2,1-4H3,(H2,23,25,26). The molecule has 0 saturated carbocycles. The van der Waals surface area contributed by atoms with Crippen LogP contribution in [0.15, 0.2) is 24.4 Å². The molecule has 4 rings (SSSR count). The predicted octanol–water partition coefficient (Wildman–Crippen LogP) is 5.13. The third kappa shape index (κ3) is 4.77. The Balaban J connectivity index is 1.72. The molecule has 3 aromatic heterocycles. The van der Waals surface area contributed by atoms with Crippen LogP contribution in [-0.2, 0) is 9.47 Å². The van der Waals surface area contributed by atoms with Crippen molar-refractivity contribution in [2.75, 3.05) is 37.5 Å². The molecule has 0 aliphatic carbocycles. The van der Waals surface area contributed by atoms with Gasteiger partial charge in [-0.1, -0.05) is 0 Å². The molecule has 1 aliphatic heterocycles. The third-order valence-corrected chi connectivity index (χ3v) is 6.14. The van der Waals surface area contributed by atoms with Crippen LogP contribution >= 0.6 is 11.3 Å². The molecule has 30 heavy (non-hydrogen) atoms. The predicted molar refractivity (Wildman–Crippen MR) is 123 cm³/mol. The molecule has 1 atom stereocenters. The minimum absolute atomic E-state index is 0.0133. The number of fused-ring (bicyclic) bond motifs is 1. The highest BCUT2D eigenvalue weighted by molar-refractivity contribution is 7.22. The van der Waals surface area contributed by atoms with Gasteiger partial charge in [0, 0.05) is 38.1 Å². The number of hydrogen-bond donors (Lipinski definition) is 2. The van der Waals surface area contributed by atoms with E-state index < -0.39 is 0 Å². The highest BCUT2D eigenvalue weighted by Gasteiger charge is 2.22. The van der Waals surface area contributed by atoms with E-state index >= 15 is 0 Å². The van der Waals surface area contributed by atoms with Gasteiger partial charge in [0.15, 0.2) is 6.23 Å². The number of hydrogen-bond acceptors (Lipinski definition) is 7. The Morgan fingerprint density at radius 1 is 1.30 bits per heavy atom. The molecular weight excluding hydrogens is 398 g/mol. The summed E-state index contributed by atoms with van der Waals surface area (Å²) in [7, 11) is 1.72. The van der Waals surface area contributed by atoms with Crippen molar-refractivity contribution in [3.63, 3.8) is 0 Å². The Morgan fingerprint density at radius 2 is 2.17 bits per heavy atom. The van der Waals surface area contributed by atoms with Crippen molar-refractivity contribution in [2.45, 2.75) is 51.8 Å².